The zero-order valence-electron chi connectivity index (χ0n) is 17.6. The van der Waals surface area contributed by atoms with E-state index in [1.54, 1.807) is 14.2 Å². The van der Waals surface area contributed by atoms with Gasteiger partial charge >= 0.3 is 0 Å². The zero-order chi connectivity index (χ0) is 21.2. The standard InChI is InChI=1S/C26H29NO3/c1-29-24-15-9-14-22(26(24)30-2)16-17-25(28)27-19-18-23(20-10-5-3-6-11-20)21-12-7-4-8-13-21/h3-15,23H,16-19H2,1-2H3,(H,27,28). The fourth-order valence-corrected chi connectivity index (χ4v) is 3.74. The number of nitrogens with one attached hydrogen (secondary N) is 1. The van der Waals surface area contributed by atoms with E-state index >= 15 is 0 Å². The van der Waals surface area contributed by atoms with Crippen molar-refractivity contribution in [2.45, 2.75) is 25.2 Å². The Bertz CT molecular complexity index is 886. The van der Waals surface area contributed by atoms with Crippen LogP contribution in [0.2, 0.25) is 0 Å². The second kappa shape index (κ2) is 11.1. The fraction of sp³-hybridized carbons (Fsp3) is 0.269. The Kier molecular flexibility index (Phi) is 7.90. The second-order valence-electron chi connectivity index (χ2n) is 7.17. The number of methoxy groups -OCH3 is 2. The summed E-state index contributed by atoms with van der Waals surface area (Å²) in [7, 11) is 3.24. The first-order valence-corrected chi connectivity index (χ1v) is 10.3. The van der Waals surface area contributed by atoms with Crippen LogP contribution < -0.4 is 14.8 Å². The Labute approximate surface area is 178 Å². The van der Waals surface area contributed by atoms with Crippen LogP contribution in [0.25, 0.3) is 0 Å². The minimum atomic E-state index is 0.0414. The van der Waals surface area contributed by atoms with Crippen molar-refractivity contribution in [2.75, 3.05) is 20.8 Å². The Balaban J connectivity index is 1.56. The number of hydrogen-bond donors (Lipinski definition) is 1. The van der Waals surface area contributed by atoms with E-state index in [1.807, 2.05) is 30.3 Å². The molecule has 0 aromatic heterocycles. The van der Waals surface area contributed by atoms with Gasteiger partial charge in [-0.1, -0.05) is 72.8 Å². The van der Waals surface area contributed by atoms with Crippen LogP contribution >= 0.6 is 0 Å². The van der Waals surface area contributed by atoms with Crippen molar-refractivity contribution in [1.82, 2.24) is 5.32 Å². The quantitative estimate of drug-likeness (QED) is 0.520. The van der Waals surface area contributed by atoms with Gasteiger partial charge in [0, 0.05) is 18.9 Å². The maximum absolute atomic E-state index is 12.4. The SMILES string of the molecule is COc1cccc(CCC(=O)NCCC(c2ccccc2)c2ccccc2)c1OC. The lowest BCUT2D eigenvalue weighted by Gasteiger charge is -2.18. The predicted octanol–water partition coefficient (Wildman–Crippen LogP) is 4.97. The number of carbonyl (C=O) groups excluding carboxylic acids is 1. The van der Waals surface area contributed by atoms with Crippen LogP contribution in [0.3, 0.4) is 0 Å². The van der Waals surface area contributed by atoms with E-state index in [0.717, 1.165) is 12.0 Å². The van der Waals surface area contributed by atoms with E-state index in [0.29, 0.717) is 30.9 Å². The lowest BCUT2D eigenvalue weighted by Crippen LogP contribution is -2.26. The van der Waals surface area contributed by atoms with E-state index in [1.165, 1.54) is 11.1 Å². The third-order valence-electron chi connectivity index (χ3n) is 5.26. The van der Waals surface area contributed by atoms with Crippen LogP contribution in [-0.4, -0.2) is 26.7 Å². The summed E-state index contributed by atoms with van der Waals surface area (Å²) in [4.78, 5) is 12.4. The van der Waals surface area contributed by atoms with Gasteiger partial charge in [0.2, 0.25) is 5.91 Å². The molecule has 0 atom stereocenters. The Morgan fingerprint density at radius 3 is 2.03 bits per heavy atom. The lowest BCUT2D eigenvalue weighted by atomic mass is 9.88. The highest BCUT2D eigenvalue weighted by Crippen LogP contribution is 2.31. The van der Waals surface area contributed by atoms with Crippen molar-refractivity contribution in [1.29, 1.82) is 0 Å². The summed E-state index contributed by atoms with van der Waals surface area (Å²) in [6.07, 6.45) is 1.86. The number of rotatable bonds is 10. The molecule has 0 saturated carbocycles. The normalized spacial score (nSPS) is 10.6. The largest absolute Gasteiger partial charge is 0.493 e. The van der Waals surface area contributed by atoms with Gasteiger partial charge in [-0.25, -0.2) is 0 Å². The van der Waals surface area contributed by atoms with Crippen molar-refractivity contribution >= 4 is 5.91 Å². The molecule has 1 amide bonds. The highest BCUT2D eigenvalue weighted by molar-refractivity contribution is 5.76. The van der Waals surface area contributed by atoms with Crippen molar-refractivity contribution in [2.24, 2.45) is 0 Å². The fourth-order valence-electron chi connectivity index (χ4n) is 3.74. The Morgan fingerprint density at radius 2 is 1.47 bits per heavy atom. The average Bonchev–Trinajstić information content (AvgIpc) is 2.81. The molecular weight excluding hydrogens is 374 g/mol. The highest BCUT2D eigenvalue weighted by atomic mass is 16.5. The van der Waals surface area contributed by atoms with E-state index < -0.39 is 0 Å². The first-order chi connectivity index (χ1) is 14.7. The topological polar surface area (TPSA) is 47.6 Å². The van der Waals surface area contributed by atoms with Crippen LogP contribution in [0.15, 0.2) is 78.9 Å². The molecule has 0 unspecified atom stereocenters. The van der Waals surface area contributed by atoms with Gasteiger partial charge in [-0.2, -0.15) is 0 Å². The van der Waals surface area contributed by atoms with E-state index in [4.69, 9.17) is 9.47 Å². The Morgan fingerprint density at radius 1 is 0.833 bits per heavy atom. The summed E-state index contributed by atoms with van der Waals surface area (Å²) in [5, 5.41) is 3.08. The maximum Gasteiger partial charge on any atom is 0.220 e. The summed E-state index contributed by atoms with van der Waals surface area (Å²) >= 11 is 0. The van der Waals surface area contributed by atoms with Gasteiger partial charge in [-0.3, -0.25) is 4.79 Å². The summed E-state index contributed by atoms with van der Waals surface area (Å²) in [6.45, 7) is 0.628. The molecule has 0 fully saturated rings. The van der Waals surface area contributed by atoms with Crippen molar-refractivity contribution < 1.29 is 14.3 Å². The summed E-state index contributed by atoms with van der Waals surface area (Å²) < 4.78 is 10.8. The first kappa shape index (κ1) is 21.4. The summed E-state index contributed by atoms with van der Waals surface area (Å²) in [5.41, 5.74) is 3.50. The molecule has 4 heteroatoms. The minimum Gasteiger partial charge on any atom is -0.493 e. The molecule has 30 heavy (non-hydrogen) atoms. The predicted molar refractivity (Wildman–Crippen MR) is 120 cm³/mol. The second-order valence-corrected chi connectivity index (χ2v) is 7.17. The van der Waals surface area contributed by atoms with Crippen LogP contribution in [0.1, 0.15) is 35.4 Å². The number of carbonyl (C=O) groups is 1. The van der Waals surface area contributed by atoms with Gasteiger partial charge < -0.3 is 14.8 Å². The van der Waals surface area contributed by atoms with Crippen molar-refractivity contribution in [3.63, 3.8) is 0 Å². The van der Waals surface area contributed by atoms with E-state index in [9.17, 15) is 4.79 Å². The number of aryl methyl sites for hydroxylation is 1. The first-order valence-electron chi connectivity index (χ1n) is 10.3. The lowest BCUT2D eigenvalue weighted by molar-refractivity contribution is -0.121. The molecule has 0 aliphatic rings. The Hall–Kier alpha value is -3.27. The molecule has 0 aliphatic heterocycles. The summed E-state index contributed by atoms with van der Waals surface area (Å²) in [6, 6.07) is 26.6. The van der Waals surface area contributed by atoms with Crippen LogP contribution in [0.4, 0.5) is 0 Å². The van der Waals surface area contributed by atoms with Gasteiger partial charge in [0.15, 0.2) is 11.5 Å². The molecule has 0 radical (unpaired) electrons. The molecule has 0 heterocycles. The minimum absolute atomic E-state index is 0.0414. The van der Waals surface area contributed by atoms with Crippen LogP contribution in [0.5, 0.6) is 11.5 Å². The number of para-hydroxylation sites is 1. The zero-order valence-corrected chi connectivity index (χ0v) is 17.6. The molecule has 0 aliphatic carbocycles. The molecular formula is C26H29NO3. The number of ether oxygens (including phenoxy) is 2. The van der Waals surface area contributed by atoms with Crippen LogP contribution in [-0.2, 0) is 11.2 Å². The third kappa shape index (κ3) is 5.63. The third-order valence-corrected chi connectivity index (χ3v) is 5.26. The molecule has 0 saturated heterocycles. The molecule has 4 nitrogen and oxygen atoms in total. The van der Waals surface area contributed by atoms with Crippen molar-refractivity contribution in [3.8, 4) is 11.5 Å². The number of benzene rings is 3. The van der Waals surface area contributed by atoms with Gasteiger partial charge in [-0.05, 0) is 35.6 Å². The molecule has 1 N–H and O–H groups in total. The van der Waals surface area contributed by atoms with Crippen molar-refractivity contribution in [3.05, 3.63) is 95.6 Å². The molecule has 3 aromatic carbocycles. The van der Waals surface area contributed by atoms with E-state index in [2.05, 4.69) is 53.8 Å². The van der Waals surface area contributed by atoms with Gasteiger partial charge in [0.25, 0.3) is 0 Å². The molecule has 3 rings (SSSR count). The maximum atomic E-state index is 12.4. The van der Waals surface area contributed by atoms with Crippen LogP contribution in [0, 0.1) is 0 Å². The smallest absolute Gasteiger partial charge is 0.220 e. The molecule has 3 aromatic rings. The summed E-state index contributed by atoms with van der Waals surface area (Å²) in [5.74, 6) is 1.68. The average molecular weight is 404 g/mol. The van der Waals surface area contributed by atoms with Gasteiger partial charge in [0.1, 0.15) is 0 Å². The number of amides is 1. The van der Waals surface area contributed by atoms with Gasteiger partial charge in [-0.15, -0.1) is 0 Å². The monoisotopic (exact) mass is 403 g/mol. The molecule has 0 bridgehead atoms. The van der Waals surface area contributed by atoms with E-state index in [-0.39, 0.29) is 11.8 Å². The molecule has 156 valence electrons. The number of hydrogen-bond acceptors (Lipinski definition) is 3. The van der Waals surface area contributed by atoms with Gasteiger partial charge in [0.05, 0.1) is 14.2 Å². The molecule has 0 spiro atoms. The highest BCUT2D eigenvalue weighted by Gasteiger charge is 2.15.